The van der Waals surface area contributed by atoms with Crippen molar-refractivity contribution < 1.29 is 9.53 Å². The summed E-state index contributed by atoms with van der Waals surface area (Å²) in [6.45, 7) is 4.08. The maximum Gasteiger partial charge on any atom is 0.350 e. The number of hydrogen-bond acceptors (Lipinski definition) is 4. The zero-order valence-electron chi connectivity index (χ0n) is 11.6. The van der Waals surface area contributed by atoms with Gasteiger partial charge in [0.2, 0.25) is 0 Å². The Kier molecular flexibility index (Phi) is 3.82. The number of aromatic nitrogens is 2. The third kappa shape index (κ3) is 2.61. The normalized spacial score (nSPS) is 11.0. The molecule has 0 fully saturated rings. The molecule has 0 N–H and O–H groups in total. The molecule has 0 saturated carbocycles. The van der Waals surface area contributed by atoms with E-state index in [1.54, 1.807) is 6.92 Å². The van der Waals surface area contributed by atoms with Crippen LogP contribution in [0.2, 0.25) is 0 Å². The number of aryl methyl sites for hydroxylation is 1. The molecule has 0 aliphatic heterocycles. The lowest BCUT2D eigenvalue weighted by atomic mass is 10.2. The van der Waals surface area contributed by atoms with E-state index in [1.165, 1.54) is 11.3 Å². The molecule has 3 rings (SSSR count). The lowest BCUT2D eigenvalue weighted by molar-refractivity contribution is 0.0531. The molecule has 0 saturated heterocycles. The summed E-state index contributed by atoms with van der Waals surface area (Å²) in [7, 11) is 0. The summed E-state index contributed by atoms with van der Waals surface area (Å²) in [4.78, 5) is 17.9. The van der Waals surface area contributed by atoms with Gasteiger partial charge in [0, 0.05) is 21.9 Å². The second kappa shape index (κ2) is 5.61. The van der Waals surface area contributed by atoms with Crippen molar-refractivity contribution in [3.05, 3.63) is 45.5 Å². The lowest BCUT2D eigenvalue weighted by Crippen LogP contribution is -2.04. The van der Waals surface area contributed by atoms with Crippen LogP contribution < -0.4 is 0 Å². The summed E-state index contributed by atoms with van der Waals surface area (Å²) in [5.41, 5.74) is 2.79. The Labute approximate surface area is 134 Å². The molecule has 0 unspecified atom stereocenters. The number of thiazole rings is 1. The highest BCUT2D eigenvalue weighted by molar-refractivity contribution is 9.10. The van der Waals surface area contributed by atoms with E-state index in [-0.39, 0.29) is 5.97 Å². The Balaban J connectivity index is 2.05. The minimum atomic E-state index is -0.283. The van der Waals surface area contributed by atoms with Gasteiger partial charge in [0.05, 0.1) is 12.3 Å². The van der Waals surface area contributed by atoms with Gasteiger partial charge in [-0.2, -0.15) is 0 Å². The van der Waals surface area contributed by atoms with E-state index in [0.29, 0.717) is 11.5 Å². The average Bonchev–Trinajstić information content (AvgIpc) is 2.99. The van der Waals surface area contributed by atoms with Crippen LogP contribution in [-0.2, 0) is 4.74 Å². The topological polar surface area (TPSA) is 43.6 Å². The van der Waals surface area contributed by atoms with E-state index in [4.69, 9.17) is 4.74 Å². The number of imidazole rings is 1. The Morgan fingerprint density at radius 1 is 1.48 bits per heavy atom. The third-order valence-corrected chi connectivity index (χ3v) is 4.77. The van der Waals surface area contributed by atoms with Crippen molar-refractivity contribution in [3.63, 3.8) is 0 Å². The van der Waals surface area contributed by atoms with Gasteiger partial charge in [-0.25, -0.2) is 9.78 Å². The van der Waals surface area contributed by atoms with Gasteiger partial charge in [0.1, 0.15) is 4.88 Å². The number of hydrogen-bond donors (Lipinski definition) is 0. The van der Waals surface area contributed by atoms with E-state index in [1.807, 2.05) is 41.8 Å². The second-order valence-corrected chi connectivity index (χ2v) is 6.42. The molecular weight excluding hydrogens is 352 g/mol. The van der Waals surface area contributed by atoms with Crippen LogP contribution in [0.3, 0.4) is 0 Å². The third-order valence-electron chi connectivity index (χ3n) is 3.14. The lowest BCUT2D eigenvalue weighted by Gasteiger charge is -2.00. The first-order valence-corrected chi connectivity index (χ1v) is 8.12. The standard InChI is InChI=1S/C15H13BrN2O2S/c1-3-20-14(19)13-9(2)18-8-12(17-15(18)21-13)10-5-4-6-11(16)7-10/h4-8H,3H2,1-2H3. The molecule has 2 aromatic heterocycles. The summed E-state index contributed by atoms with van der Waals surface area (Å²) >= 11 is 4.82. The Morgan fingerprint density at radius 2 is 2.29 bits per heavy atom. The number of rotatable bonds is 3. The van der Waals surface area contributed by atoms with E-state index in [2.05, 4.69) is 20.9 Å². The van der Waals surface area contributed by atoms with Crippen molar-refractivity contribution in [2.24, 2.45) is 0 Å². The van der Waals surface area contributed by atoms with Crippen LogP contribution in [0.4, 0.5) is 0 Å². The van der Waals surface area contributed by atoms with Crippen LogP contribution >= 0.6 is 27.3 Å². The van der Waals surface area contributed by atoms with Crippen molar-refractivity contribution in [1.82, 2.24) is 9.38 Å². The monoisotopic (exact) mass is 364 g/mol. The summed E-state index contributed by atoms with van der Waals surface area (Å²) in [6, 6.07) is 7.99. The number of ether oxygens (including phenoxy) is 1. The van der Waals surface area contributed by atoms with Crippen molar-refractivity contribution >= 4 is 38.2 Å². The van der Waals surface area contributed by atoms with E-state index < -0.39 is 0 Å². The molecule has 4 nitrogen and oxygen atoms in total. The molecule has 0 aliphatic carbocycles. The molecule has 0 aliphatic rings. The summed E-state index contributed by atoms with van der Waals surface area (Å²) in [5.74, 6) is -0.283. The number of nitrogens with zero attached hydrogens (tertiary/aromatic N) is 2. The van der Waals surface area contributed by atoms with Crippen LogP contribution in [0.5, 0.6) is 0 Å². The van der Waals surface area contributed by atoms with Crippen LogP contribution in [0.15, 0.2) is 34.9 Å². The summed E-state index contributed by atoms with van der Waals surface area (Å²) < 4.78 is 8.01. The van der Waals surface area contributed by atoms with Crippen molar-refractivity contribution in [1.29, 1.82) is 0 Å². The van der Waals surface area contributed by atoms with Crippen molar-refractivity contribution in [2.45, 2.75) is 13.8 Å². The largest absolute Gasteiger partial charge is 0.462 e. The van der Waals surface area contributed by atoms with Crippen LogP contribution in [-0.4, -0.2) is 22.0 Å². The number of fused-ring (bicyclic) bond motifs is 1. The van der Waals surface area contributed by atoms with E-state index in [9.17, 15) is 4.79 Å². The molecule has 2 heterocycles. The molecule has 6 heteroatoms. The highest BCUT2D eigenvalue weighted by atomic mass is 79.9. The zero-order chi connectivity index (χ0) is 15.0. The van der Waals surface area contributed by atoms with E-state index in [0.717, 1.165) is 26.4 Å². The maximum absolute atomic E-state index is 11.9. The molecule has 21 heavy (non-hydrogen) atoms. The maximum atomic E-state index is 11.9. The van der Waals surface area contributed by atoms with Gasteiger partial charge < -0.3 is 4.74 Å². The minimum Gasteiger partial charge on any atom is -0.462 e. The van der Waals surface area contributed by atoms with Gasteiger partial charge in [-0.15, -0.1) is 0 Å². The fourth-order valence-corrected chi connectivity index (χ4v) is 3.53. The Hall–Kier alpha value is -1.66. The molecule has 3 aromatic rings. The Morgan fingerprint density at radius 3 is 2.95 bits per heavy atom. The van der Waals surface area contributed by atoms with Crippen molar-refractivity contribution in [2.75, 3.05) is 6.61 Å². The zero-order valence-corrected chi connectivity index (χ0v) is 14.0. The number of esters is 1. The molecule has 0 amide bonds. The fourth-order valence-electron chi connectivity index (χ4n) is 2.12. The van der Waals surface area contributed by atoms with Gasteiger partial charge >= 0.3 is 5.97 Å². The molecule has 108 valence electrons. The molecule has 0 atom stereocenters. The highest BCUT2D eigenvalue weighted by Crippen LogP contribution is 2.28. The first-order valence-electron chi connectivity index (χ1n) is 6.51. The van der Waals surface area contributed by atoms with E-state index >= 15 is 0 Å². The van der Waals surface area contributed by atoms with Gasteiger partial charge in [-0.05, 0) is 26.0 Å². The molecule has 0 spiro atoms. The average molecular weight is 365 g/mol. The van der Waals surface area contributed by atoms with Crippen LogP contribution in [0.1, 0.15) is 22.3 Å². The van der Waals surface area contributed by atoms with Gasteiger partial charge in [-0.3, -0.25) is 4.40 Å². The van der Waals surface area contributed by atoms with Gasteiger partial charge in [-0.1, -0.05) is 39.4 Å². The quantitative estimate of drug-likeness (QED) is 0.650. The molecule has 1 aromatic carbocycles. The van der Waals surface area contributed by atoms with Gasteiger partial charge in [0.25, 0.3) is 0 Å². The molecular formula is C15H13BrN2O2S. The predicted octanol–water partition coefficient (Wildman–Crippen LogP) is 4.31. The fraction of sp³-hybridized carbons (Fsp3) is 0.200. The highest BCUT2D eigenvalue weighted by Gasteiger charge is 2.18. The number of carbonyl (C=O) groups excluding carboxylic acids is 1. The number of halogens is 1. The predicted molar refractivity (Wildman–Crippen MR) is 86.9 cm³/mol. The number of carbonyl (C=O) groups is 1. The summed E-state index contributed by atoms with van der Waals surface area (Å²) in [5, 5.41) is 0. The second-order valence-electron chi connectivity index (χ2n) is 4.53. The first kappa shape index (κ1) is 14.3. The van der Waals surface area contributed by atoms with Crippen LogP contribution in [0, 0.1) is 6.92 Å². The smallest absolute Gasteiger partial charge is 0.350 e. The first-order chi connectivity index (χ1) is 10.1. The SMILES string of the molecule is CCOC(=O)c1sc2nc(-c3cccc(Br)c3)cn2c1C. The van der Waals surface area contributed by atoms with Gasteiger partial charge in [0.15, 0.2) is 4.96 Å². The summed E-state index contributed by atoms with van der Waals surface area (Å²) in [6.07, 6.45) is 1.95. The minimum absolute atomic E-state index is 0.283. The molecule has 0 radical (unpaired) electrons. The molecule has 0 bridgehead atoms. The van der Waals surface area contributed by atoms with Crippen molar-refractivity contribution in [3.8, 4) is 11.3 Å². The van der Waals surface area contributed by atoms with Crippen LogP contribution in [0.25, 0.3) is 16.2 Å². The Bertz CT molecular complexity index is 822. The number of benzene rings is 1.